The molecule has 0 radical (unpaired) electrons. The van der Waals surface area contributed by atoms with E-state index in [2.05, 4.69) is 15.8 Å². The van der Waals surface area contributed by atoms with Crippen LogP contribution in [0.4, 0.5) is 5.69 Å². The van der Waals surface area contributed by atoms with Gasteiger partial charge in [0.15, 0.2) is 0 Å². The van der Waals surface area contributed by atoms with E-state index in [9.17, 15) is 14.3 Å². The highest BCUT2D eigenvalue weighted by Crippen LogP contribution is 2.44. The molecule has 1 atom stereocenters. The second kappa shape index (κ2) is 11.4. The fourth-order valence-corrected chi connectivity index (χ4v) is 6.16. The lowest BCUT2D eigenvalue weighted by atomic mass is 10.1. The number of nitro benzene ring substituents is 1. The average molecular weight is 518 g/mol. The summed E-state index contributed by atoms with van der Waals surface area (Å²) in [6.45, 7) is 9.52. The van der Waals surface area contributed by atoms with Crippen LogP contribution in [-0.4, -0.2) is 62.9 Å². The van der Waals surface area contributed by atoms with E-state index in [4.69, 9.17) is 4.74 Å². The molecule has 6 rings (SSSR count). The average Bonchev–Trinajstić information content (AvgIpc) is 3.75. The topological polar surface area (TPSA) is 75.9 Å². The summed E-state index contributed by atoms with van der Waals surface area (Å²) >= 11 is 0. The Kier molecular flexibility index (Phi) is 7.79. The highest BCUT2D eigenvalue weighted by molar-refractivity contribution is 7.83. The molecule has 0 N–H and O–H groups in total. The van der Waals surface area contributed by atoms with E-state index < -0.39 is 11.0 Å². The van der Waals surface area contributed by atoms with E-state index in [1.165, 1.54) is 6.07 Å². The van der Waals surface area contributed by atoms with Crippen LogP contribution in [-0.2, 0) is 11.0 Å². The van der Waals surface area contributed by atoms with Gasteiger partial charge in [-0.25, -0.2) is 8.51 Å². The zero-order valence-electron chi connectivity index (χ0n) is 20.8. The van der Waals surface area contributed by atoms with Gasteiger partial charge in [-0.15, -0.1) is 0 Å². The number of piperazine rings is 1. The predicted molar refractivity (Wildman–Crippen MR) is 148 cm³/mol. The summed E-state index contributed by atoms with van der Waals surface area (Å²) in [5.74, 6) is 0.931. The zero-order chi connectivity index (χ0) is 25.8. The van der Waals surface area contributed by atoms with Gasteiger partial charge < -0.3 is 4.74 Å². The van der Waals surface area contributed by atoms with Gasteiger partial charge in [0.05, 0.1) is 15.9 Å². The van der Waals surface area contributed by atoms with Crippen LogP contribution in [0.3, 0.4) is 0 Å². The number of nitro groups is 1. The molecule has 1 aliphatic heterocycles. The molecule has 0 spiro atoms. The van der Waals surface area contributed by atoms with E-state index in [1.54, 1.807) is 12.1 Å². The van der Waals surface area contributed by atoms with Crippen molar-refractivity contribution >= 4 is 22.2 Å². The first-order valence-corrected chi connectivity index (χ1v) is 13.8. The van der Waals surface area contributed by atoms with Crippen molar-refractivity contribution in [1.82, 2.24) is 9.21 Å². The molecule has 2 aliphatic carbocycles. The number of non-ortho nitro benzene ring substituents is 1. The summed E-state index contributed by atoms with van der Waals surface area (Å²) in [6, 6.07) is 22.8. The molecule has 0 bridgehead atoms. The number of fused-ring (bicyclic) bond motifs is 3. The Labute approximate surface area is 220 Å². The van der Waals surface area contributed by atoms with E-state index >= 15 is 0 Å². The van der Waals surface area contributed by atoms with Crippen LogP contribution in [0.25, 0.3) is 16.7 Å². The first kappa shape index (κ1) is 25.3. The second-order valence-electron chi connectivity index (χ2n) is 9.42. The molecule has 1 heterocycles. The van der Waals surface area contributed by atoms with Crippen LogP contribution in [0.2, 0.25) is 0 Å². The molecule has 1 unspecified atom stereocenters. The minimum Gasteiger partial charge on any atom is -0.492 e. The Morgan fingerprint density at radius 1 is 0.892 bits per heavy atom. The number of para-hydroxylation sites is 1. The first-order chi connectivity index (χ1) is 18.0. The number of nitrogens with zero attached hydrogens (tertiary/aromatic N) is 3. The van der Waals surface area contributed by atoms with E-state index in [-0.39, 0.29) is 10.6 Å². The van der Waals surface area contributed by atoms with Crippen molar-refractivity contribution in [3.05, 3.63) is 101 Å². The van der Waals surface area contributed by atoms with Crippen molar-refractivity contribution in [2.24, 2.45) is 0 Å². The van der Waals surface area contributed by atoms with Crippen molar-refractivity contribution in [2.75, 3.05) is 39.3 Å². The van der Waals surface area contributed by atoms with Gasteiger partial charge in [-0.3, -0.25) is 15.0 Å². The third-order valence-electron chi connectivity index (χ3n) is 6.90. The Morgan fingerprint density at radius 2 is 1.54 bits per heavy atom. The first-order valence-electron chi connectivity index (χ1n) is 12.6. The third kappa shape index (κ3) is 5.98. The number of hydrogen-bond acceptors (Lipinski definition) is 5. The number of ether oxygens (including phenoxy) is 1. The Morgan fingerprint density at radius 3 is 2.22 bits per heavy atom. The molecule has 0 aromatic heterocycles. The van der Waals surface area contributed by atoms with Gasteiger partial charge in [-0.05, 0) is 58.9 Å². The summed E-state index contributed by atoms with van der Waals surface area (Å²) in [5, 5.41) is 11.2. The van der Waals surface area contributed by atoms with Crippen LogP contribution < -0.4 is 4.74 Å². The van der Waals surface area contributed by atoms with Crippen molar-refractivity contribution in [3.8, 4) is 16.9 Å². The standard InChI is InChI=1S/C15H22N2O2S.C14H9NO2/c18-20(15-6-7-15)17-10-8-16(9-11-17)12-13-19-14-4-2-1-3-5-14;1-9-11-4-2-3-5-12(11)13-7-6-10(15(16)17)8-14(9)13/h1-5,15H,6-13H2;2-8H,1H2. The molecule has 8 heteroatoms. The molecule has 1 saturated carbocycles. The number of rotatable bonds is 7. The monoisotopic (exact) mass is 517 g/mol. The quantitative estimate of drug-likeness (QED) is 0.250. The summed E-state index contributed by atoms with van der Waals surface area (Å²) < 4.78 is 19.9. The second-order valence-corrected chi connectivity index (χ2v) is 11.2. The largest absolute Gasteiger partial charge is 0.492 e. The highest BCUT2D eigenvalue weighted by Gasteiger charge is 2.33. The summed E-state index contributed by atoms with van der Waals surface area (Å²) in [6.07, 6.45) is 2.30. The minimum absolute atomic E-state index is 0.109. The van der Waals surface area contributed by atoms with Gasteiger partial charge in [-0.2, -0.15) is 0 Å². The SMILES string of the molecule is C=C1c2ccccc2-c2ccc([N+](=O)[O-])cc21.O=S(C1CC1)N1CCN(CCOc2ccccc2)CC1. The normalized spacial score (nSPS) is 17.8. The zero-order valence-corrected chi connectivity index (χ0v) is 21.6. The van der Waals surface area contributed by atoms with Crippen molar-refractivity contribution < 1.29 is 13.9 Å². The minimum atomic E-state index is -0.722. The van der Waals surface area contributed by atoms with Crippen LogP contribution in [0.5, 0.6) is 5.75 Å². The lowest BCUT2D eigenvalue weighted by Crippen LogP contribution is -2.48. The summed E-state index contributed by atoms with van der Waals surface area (Å²) in [7, 11) is -0.722. The third-order valence-corrected chi connectivity index (χ3v) is 8.81. The molecule has 2 fully saturated rings. The molecule has 1 saturated heterocycles. The van der Waals surface area contributed by atoms with E-state index in [0.717, 1.165) is 85.7 Å². The summed E-state index contributed by atoms with van der Waals surface area (Å²) in [5.41, 5.74) is 5.01. The molecule has 3 aliphatic rings. The van der Waals surface area contributed by atoms with Crippen LogP contribution >= 0.6 is 0 Å². The predicted octanol–water partition coefficient (Wildman–Crippen LogP) is 5.15. The van der Waals surface area contributed by atoms with Gasteiger partial charge in [0.2, 0.25) is 0 Å². The Balaban J connectivity index is 0.000000153. The van der Waals surface area contributed by atoms with Gasteiger partial charge in [0.25, 0.3) is 5.69 Å². The van der Waals surface area contributed by atoms with E-state index in [0.29, 0.717) is 5.25 Å². The highest BCUT2D eigenvalue weighted by atomic mass is 32.2. The summed E-state index contributed by atoms with van der Waals surface area (Å²) in [4.78, 5) is 12.8. The molecule has 0 amide bonds. The molecular weight excluding hydrogens is 486 g/mol. The molecule has 37 heavy (non-hydrogen) atoms. The molecule has 3 aromatic carbocycles. The Hall–Kier alpha value is -3.33. The van der Waals surface area contributed by atoms with Gasteiger partial charge in [0.1, 0.15) is 12.4 Å². The number of hydrogen-bond donors (Lipinski definition) is 0. The van der Waals surface area contributed by atoms with Crippen LogP contribution in [0, 0.1) is 10.1 Å². The lowest BCUT2D eigenvalue weighted by Gasteiger charge is -2.33. The number of benzene rings is 3. The van der Waals surface area contributed by atoms with Crippen molar-refractivity contribution in [1.29, 1.82) is 0 Å². The van der Waals surface area contributed by atoms with Gasteiger partial charge in [0, 0.05) is 50.1 Å². The maximum absolute atomic E-state index is 12.1. The van der Waals surface area contributed by atoms with Crippen LogP contribution in [0.15, 0.2) is 79.4 Å². The van der Waals surface area contributed by atoms with E-state index in [1.807, 2.05) is 54.6 Å². The fourth-order valence-electron chi connectivity index (χ4n) is 4.68. The fraction of sp³-hybridized carbons (Fsp3) is 0.310. The molecular formula is C29H31N3O4S. The van der Waals surface area contributed by atoms with Crippen molar-refractivity contribution in [3.63, 3.8) is 0 Å². The van der Waals surface area contributed by atoms with Crippen LogP contribution in [0.1, 0.15) is 24.0 Å². The molecule has 3 aromatic rings. The maximum Gasteiger partial charge on any atom is 0.270 e. The lowest BCUT2D eigenvalue weighted by molar-refractivity contribution is -0.384. The molecule has 192 valence electrons. The molecule has 7 nitrogen and oxygen atoms in total. The van der Waals surface area contributed by atoms with Gasteiger partial charge >= 0.3 is 0 Å². The maximum atomic E-state index is 12.1. The smallest absolute Gasteiger partial charge is 0.270 e. The Bertz CT molecular complexity index is 1300. The van der Waals surface area contributed by atoms with Crippen molar-refractivity contribution in [2.45, 2.75) is 18.1 Å². The van der Waals surface area contributed by atoms with Gasteiger partial charge in [-0.1, -0.05) is 49.0 Å².